The molecule has 1 aromatic carbocycles. The molecular formula is C16H23BNNaO. The predicted octanol–water partition coefficient (Wildman–Crippen LogP) is 0.0855. The van der Waals surface area contributed by atoms with Gasteiger partial charge in [-0.05, 0) is 55.0 Å². The number of hydrogen-bond donors (Lipinski definition) is 1. The van der Waals surface area contributed by atoms with Crippen LogP contribution in [-0.2, 0) is 6.42 Å². The first-order valence-electron chi connectivity index (χ1n) is 7.28. The Balaban J connectivity index is 0.000001000. The molecule has 2 aliphatic rings. The average molecular weight is 279 g/mol. The summed E-state index contributed by atoms with van der Waals surface area (Å²) in [7, 11) is 1.75. The Kier molecular flexibility index (Phi) is 7.67. The molecule has 0 spiro atoms. The second-order valence-corrected chi connectivity index (χ2v) is 5.64. The van der Waals surface area contributed by atoms with Crippen LogP contribution in [0.15, 0.2) is 18.2 Å². The fourth-order valence-corrected chi connectivity index (χ4v) is 3.59. The summed E-state index contributed by atoms with van der Waals surface area (Å²) in [6.45, 7) is 1.11. The molecule has 4 heteroatoms. The van der Waals surface area contributed by atoms with Gasteiger partial charge in [-0.3, -0.25) is 0 Å². The van der Waals surface area contributed by atoms with E-state index >= 15 is 0 Å². The normalized spacial score (nSPS) is 22.1. The van der Waals surface area contributed by atoms with Gasteiger partial charge in [0.25, 0.3) is 0 Å². The molecule has 1 aliphatic carbocycles. The van der Waals surface area contributed by atoms with Crippen molar-refractivity contribution in [3.63, 3.8) is 0 Å². The predicted molar refractivity (Wildman–Crippen MR) is 79.8 cm³/mol. The third-order valence-electron chi connectivity index (χ3n) is 4.57. The zero-order chi connectivity index (χ0) is 12.4. The number of rotatable bonds is 2. The second-order valence-electron chi connectivity index (χ2n) is 5.64. The number of fused-ring (bicyclic) bond motifs is 1. The van der Waals surface area contributed by atoms with E-state index in [0.717, 1.165) is 24.6 Å². The van der Waals surface area contributed by atoms with Crippen molar-refractivity contribution >= 4 is 8.41 Å². The first-order valence-corrected chi connectivity index (χ1v) is 7.28. The van der Waals surface area contributed by atoms with E-state index in [4.69, 9.17) is 4.74 Å². The van der Waals surface area contributed by atoms with Crippen LogP contribution < -0.4 is 39.6 Å². The van der Waals surface area contributed by atoms with E-state index in [-0.39, 0.29) is 38.0 Å². The molecule has 0 bridgehead atoms. The van der Waals surface area contributed by atoms with Gasteiger partial charge in [0.2, 0.25) is 0 Å². The van der Waals surface area contributed by atoms with Gasteiger partial charge >= 0.3 is 29.6 Å². The van der Waals surface area contributed by atoms with Crippen LogP contribution in [0, 0.1) is 5.92 Å². The van der Waals surface area contributed by atoms with Crippen molar-refractivity contribution < 1.29 is 34.3 Å². The Labute approximate surface area is 146 Å². The van der Waals surface area contributed by atoms with Crippen molar-refractivity contribution in [2.75, 3.05) is 13.7 Å². The number of nitrogens with one attached hydrogen (secondary N) is 1. The maximum Gasteiger partial charge on any atom is 1.00 e. The Morgan fingerprint density at radius 2 is 1.90 bits per heavy atom. The van der Waals surface area contributed by atoms with E-state index in [0.29, 0.717) is 6.04 Å². The molecule has 1 aliphatic heterocycles. The van der Waals surface area contributed by atoms with Crippen LogP contribution in [0.3, 0.4) is 0 Å². The number of ether oxygens (including phenoxy) is 1. The summed E-state index contributed by atoms with van der Waals surface area (Å²) in [5, 5.41) is 3.74. The molecule has 1 heterocycles. The summed E-state index contributed by atoms with van der Waals surface area (Å²) < 4.78 is 5.34. The van der Waals surface area contributed by atoms with E-state index in [1.54, 1.807) is 7.11 Å². The van der Waals surface area contributed by atoms with Crippen molar-refractivity contribution in [1.29, 1.82) is 0 Å². The summed E-state index contributed by atoms with van der Waals surface area (Å²) in [4.78, 5) is 0. The van der Waals surface area contributed by atoms with E-state index < -0.39 is 0 Å². The first-order chi connectivity index (χ1) is 8.88. The fraction of sp³-hybridized carbons (Fsp3) is 0.625. The minimum atomic E-state index is 0. The Morgan fingerprint density at radius 1 is 1.15 bits per heavy atom. The summed E-state index contributed by atoms with van der Waals surface area (Å²) in [6.07, 6.45) is 8.17. The molecule has 1 atom stereocenters. The largest absolute Gasteiger partial charge is 1.00 e. The monoisotopic (exact) mass is 279 g/mol. The van der Waals surface area contributed by atoms with E-state index in [9.17, 15) is 0 Å². The van der Waals surface area contributed by atoms with E-state index in [2.05, 4.69) is 23.5 Å². The van der Waals surface area contributed by atoms with Gasteiger partial charge in [0.15, 0.2) is 0 Å². The van der Waals surface area contributed by atoms with Crippen molar-refractivity contribution in [3.8, 4) is 5.75 Å². The van der Waals surface area contributed by atoms with Crippen molar-refractivity contribution in [1.82, 2.24) is 5.32 Å². The van der Waals surface area contributed by atoms with Crippen LogP contribution in [0.4, 0.5) is 0 Å². The van der Waals surface area contributed by atoms with Gasteiger partial charge in [0, 0.05) is 6.04 Å². The van der Waals surface area contributed by atoms with Gasteiger partial charge in [0.05, 0.1) is 7.11 Å². The van der Waals surface area contributed by atoms with E-state index in [1.807, 2.05) is 0 Å². The van der Waals surface area contributed by atoms with Crippen LogP contribution >= 0.6 is 0 Å². The third-order valence-corrected chi connectivity index (χ3v) is 4.57. The topological polar surface area (TPSA) is 21.3 Å². The molecule has 0 saturated heterocycles. The van der Waals surface area contributed by atoms with Gasteiger partial charge in [-0.1, -0.05) is 25.3 Å². The van der Waals surface area contributed by atoms with Gasteiger partial charge in [-0.25, -0.2) is 0 Å². The molecular weight excluding hydrogens is 256 g/mol. The maximum atomic E-state index is 5.34. The summed E-state index contributed by atoms with van der Waals surface area (Å²) in [5.41, 5.74) is 3.01. The summed E-state index contributed by atoms with van der Waals surface area (Å²) in [6, 6.07) is 7.20. The molecule has 102 valence electrons. The molecule has 1 N–H and O–H groups in total. The number of hydrogen-bond acceptors (Lipinski definition) is 2. The average Bonchev–Trinajstić information content (AvgIpc) is 2.47. The zero-order valence-electron chi connectivity index (χ0n) is 12.8. The van der Waals surface area contributed by atoms with Gasteiger partial charge in [-0.15, -0.1) is 0 Å². The molecule has 4 radical (unpaired) electrons. The van der Waals surface area contributed by atoms with Gasteiger partial charge in [0.1, 0.15) is 5.75 Å². The zero-order valence-corrected chi connectivity index (χ0v) is 14.8. The SMILES string of the molecule is COc1ccc2c(c1)CCNC2C1CCCCC1.[B-].[Na+]. The smallest absolute Gasteiger partial charge is 1.00 e. The Bertz CT molecular complexity index is 421. The van der Waals surface area contributed by atoms with Crippen LogP contribution in [0.1, 0.15) is 49.3 Å². The van der Waals surface area contributed by atoms with Crippen LogP contribution in [-0.4, -0.2) is 22.1 Å². The molecule has 1 unspecified atom stereocenters. The van der Waals surface area contributed by atoms with Crippen molar-refractivity contribution in [3.05, 3.63) is 29.3 Å². The minimum absolute atomic E-state index is 0. The van der Waals surface area contributed by atoms with Crippen molar-refractivity contribution in [2.45, 2.75) is 44.6 Å². The molecule has 1 aromatic rings. The molecule has 3 rings (SSSR count). The van der Waals surface area contributed by atoms with E-state index in [1.165, 1.54) is 43.2 Å². The number of benzene rings is 1. The van der Waals surface area contributed by atoms with Gasteiger partial charge < -0.3 is 18.5 Å². The quantitative estimate of drug-likeness (QED) is 0.775. The third kappa shape index (κ3) is 3.82. The Hall–Kier alpha value is 0.0449. The molecule has 0 aromatic heterocycles. The minimum Gasteiger partial charge on any atom is -1.00 e. The van der Waals surface area contributed by atoms with Crippen LogP contribution in [0.25, 0.3) is 0 Å². The molecule has 2 nitrogen and oxygen atoms in total. The van der Waals surface area contributed by atoms with Crippen LogP contribution in [0.5, 0.6) is 5.75 Å². The van der Waals surface area contributed by atoms with Gasteiger partial charge in [-0.2, -0.15) is 0 Å². The molecule has 1 fully saturated rings. The maximum absolute atomic E-state index is 5.34. The van der Waals surface area contributed by atoms with Crippen LogP contribution in [0.2, 0.25) is 0 Å². The first kappa shape index (κ1) is 18.1. The summed E-state index contributed by atoms with van der Waals surface area (Å²) >= 11 is 0. The fourth-order valence-electron chi connectivity index (χ4n) is 3.59. The molecule has 1 saturated carbocycles. The molecule has 20 heavy (non-hydrogen) atoms. The second kappa shape index (κ2) is 8.48. The Morgan fingerprint density at radius 3 is 2.60 bits per heavy atom. The van der Waals surface area contributed by atoms with Crippen molar-refractivity contribution in [2.24, 2.45) is 5.92 Å². The molecule has 0 amide bonds. The number of methoxy groups -OCH3 is 1. The summed E-state index contributed by atoms with van der Waals surface area (Å²) in [5.74, 6) is 1.84. The standard InChI is InChI=1S/C16H23NO.B.Na/c1-18-14-7-8-15-13(11-14)9-10-17-16(15)12-5-3-2-4-6-12;;/h7-8,11-12,16-17H,2-6,9-10H2,1H3;;/q;-1;+1.